The molecule has 0 spiro atoms. The summed E-state index contributed by atoms with van der Waals surface area (Å²) in [6, 6.07) is 3.36. The summed E-state index contributed by atoms with van der Waals surface area (Å²) in [5, 5.41) is 8.97. The van der Waals surface area contributed by atoms with Crippen molar-refractivity contribution in [2.45, 2.75) is 19.4 Å². The van der Waals surface area contributed by atoms with Crippen LogP contribution in [0.4, 0.5) is 4.39 Å². The Bertz CT molecular complexity index is 478. The molecule has 0 bridgehead atoms. The topological polar surface area (TPSA) is 57.6 Å². The summed E-state index contributed by atoms with van der Waals surface area (Å²) in [4.78, 5) is 24.0. The van der Waals surface area contributed by atoms with Crippen molar-refractivity contribution in [1.82, 2.24) is 4.90 Å². The highest BCUT2D eigenvalue weighted by Gasteiger charge is 2.27. The van der Waals surface area contributed by atoms with Gasteiger partial charge in [0.05, 0.1) is 10.0 Å². The van der Waals surface area contributed by atoms with Gasteiger partial charge in [0.2, 0.25) is 0 Å². The van der Waals surface area contributed by atoms with Crippen LogP contribution < -0.4 is 0 Å². The van der Waals surface area contributed by atoms with E-state index in [2.05, 4.69) is 15.9 Å². The van der Waals surface area contributed by atoms with Gasteiger partial charge in [0, 0.05) is 7.05 Å². The summed E-state index contributed by atoms with van der Waals surface area (Å²) in [6.45, 7) is 1.65. The molecule has 1 atom stereocenters. The van der Waals surface area contributed by atoms with Crippen LogP contribution in [0, 0.1) is 5.82 Å². The first-order valence-corrected chi connectivity index (χ1v) is 6.13. The molecule has 1 rings (SSSR count). The second-order valence-corrected chi connectivity index (χ2v) is 4.63. The first-order valence-electron chi connectivity index (χ1n) is 5.34. The molecule has 18 heavy (non-hydrogen) atoms. The SMILES string of the molecule is CCC(C(=O)O)N(C)C(=O)c1cccc(Br)c1F. The summed E-state index contributed by atoms with van der Waals surface area (Å²) < 4.78 is 13.9. The van der Waals surface area contributed by atoms with Gasteiger partial charge in [0.25, 0.3) is 5.91 Å². The molecule has 1 N–H and O–H groups in total. The molecule has 0 fully saturated rings. The highest BCUT2D eigenvalue weighted by molar-refractivity contribution is 9.10. The molecule has 1 unspecified atom stereocenters. The zero-order valence-electron chi connectivity index (χ0n) is 9.98. The van der Waals surface area contributed by atoms with Crippen LogP contribution in [-0.4, -0.2) is 35.0 Å². The van der Waals surface area contributed by atoms with Crippen LogP contribution in [0.1, 0.15) is 23.7 Å². The number of nitrogens with zero attached hydrogens (tertiary/aromatic N) is 1. The number of likely N-dealkylation sites (N-methyl/N-ethyl adjacent to an activating group) is 1. The lowest BCUT2D eigenvalue weighted by Gasteiger charge is -2.24. The minimum absolute atomic E-state index is 0.147. The number of carbonyl (C=O) groups excluding carboxylic acids is 1. The molecule has 0 radical (unpaired) electrons. The van der Waals surface area contributed by atoms with Gasteiger partial charge in [-0.15, -0.1) is 0 Å². The number of rotatable bonds is 4. The van der Waals surface area contributed by atoms with E-state index in [1.165, 1.54) is 25.2 Å². The lowest BCUT2D eigenvalue weighted by atomic mass is 10.1. The number of aliphatic carboxylic acids is 1. The number of halogens is 2. The van der Waals surface area contributed by atoms with E-state index in [9.17, 15) is 14.0 Å². The zero-order chi connectivity index (χ0) is 13.9. The van der Waals surface area contributed by atoms with Crippen molar-refractivity contribution in [3.8, 4) is 0 Å². The Balaban J connectivity index is 3.07. The van der Waals surface area contributed by atoms with E-state index < -0.39 is 23.7 Å². The fourth-order valence-electron chi connectivity index (χ4n) is 1.61. The van der Waals surface area contributed by atoms with Crippen LogP contribution >= 0.6 is 15.9 Å². The molecule has 1 aromatic carbocycles. The van der Waals surface area contributed by atoms with Crippen molar-refractivity contribution in [3.05, 3.63) is 34.1 Å². The molecule has 6 heteroatoms. The lowest BCUT2D eigenvalue weighted by Crippen LogP contribution is -2.42. The molecular formula is C12H13BrFNO3. The number of carbonyl (C=O) groups is 2. The highest BCUT2D eigenvalue weighted by atomic mass is 79.9. The maximum absolute atomic E-state index is 13.7. The van der Waals surface area contributed by atoms with Crippen molar-refractivity contribution >= 4 is 27.8 Å². The number of carboxylic acids is 1. The predicted octanol–water partition coefficient (Wildman–Crippen LogP) is 2.52. The maximum Gasteiger partial charge on any atom is 0.326 e. The molecule has 0 saturated heterocycles. The number of amides is 1. The van der Waals surface area contributed by atoms with Gasteiger partial charge in [0.1, 0.15) is 11.9 Å². The van der Waals surface area contributed by atoms with E-state index in [1.807, 2.05) is 0 Å². The quantitative estimate of drug-likeness (QED) is 0.928. The van der Waals surface area contributed by atoms with E-state index in [0.29, 0.717) is 0 Å². The van der Waals surface area contributed by atoms with E-state index in [1.54, 1.807) is 6.92 Å². The van der Waals surface area contributed by atoms with Gasteiger partial charge in [0.15, 0.2) is 0 Å². The Morgan fingerprint density at radius 3 is 2.61 bits per heavy atom. The smallest absolute Gasteiger partial charge is 0.326 e. The normalized spacial score (nSPS) is 12.0. The van der Waals surface area contributed by atoms with E-state index in [4.69, 9.17) is 5.11 Å². The lowest BCUT2D eigenvalue weighted by molar-refractivity contribution is -0.142. The van der Waals surface area contributed by atoms with Gasteiger partial charge in [-0.1, -0.05) is 13.0 Å². The third-order valence-corrected chi connectivity index (χ3v) is 3.25. The van der Waals surface area contributed by atoms with Crippen LogP contribution in [-0.2, 0) is 4.79 Å². The van der Waals surface area contributed by atoms with E-state index in [-0.39, 0.29) is 16.5 Å². The van der Waals surface area contributed by atoms with Gasteiger partial charge in [-0.05, 0) is 34.5 Å². The molecule has 0 saturated carbocycles. The fraction of sp³-hybridized carbons (Fsp3) is 0.333. The van der Waals surface area contributed by atoms with Crippen LogP contribution in [0.5, 0.6) is 0 Å². The molecule has 0 aliphatic carbocycles. The van der Waals surface area contributed by atoms with Gasteiger partial charge >= 0.3 is 5.97 Å². The second kappa shape index (κ2) is 5.95. The Hall–Kier alpha value is -1.43. The third-order valence-electron chi connectivity index (χ3n) is 2.64. The van der Waals surface area contributed by atoms with Crippen molar-refractivity contribution in [3.63, 3.8) is 0 Å². The Kier molecular flexibility index (Phi) is 4.84. The molecule has 0 aliphatic rings. The second-order valence-electron chi connectivity index (χ2n) is 3.78. The number of hydrogen-bond acceptors (Lipinski definition) is 2. The standard InChI is InChI=1S/C12H13BrFNO3/c1-3-9(12(17)18)15(2)11(16)7-5-4-6-8(13)10(7)14/h4-6,9H,3H2,1-2H3,(H,17,18). The fourth-order valence-corrected chi connectivity index (χ4v) is 1.98. The van der Waals surface area contributed by atoms with Crippen molar-refractivity contribution in [2.75, 3.05) is 7.05 Å². The summed E-state index contributed by atoms with van der Waals surface area (Å²) in [5.41, 5.74) is -0.147. The first-order chi connectivity index (χ1) is 8.40. The Morgan fingerprint density at radius 1 is 1.50 bits per heavy atom. The molecule has 0 aliphatic heterocycles. The van der Waals surface area contributed by atoms with Crippen molar-refractivity contribution in [2.24, 2.45) is 0 Å². The molecule has 0 heterocycles. The van der Waals surface area contributed by atoms with E-state index >= 15 is 0 Å². The van der Waals surface area contributed by atoms with Crippen LogP contribution in [0.3, 0.4) is 0 Å². The maximum atomic E-state index is 13.7. The third kappa shape index (κ3) is 2.87. The molecule has 1 aromatic rings. The molecule has 98 valence electrons. The average Bonchev–Trinajstić information content (AvgIpc) is 2.32. The summed E-state index contributed by atoms with van der Waals surface area (Å²) >= 11 is 2.98. The number of benzene rings is 1. The predicted molar refractivity (Wildman–Crippen MR) is 67.9 cm³/mol. The van der Waals surface area contributed by atoms with Crippen molar-refractivity contribution in [1.29, 1.82) is 0 Å². The largest absolute Gasteiger partial charge is 0.480 e. The Labute approximate surface area is 113 Å². The summed E-state index contributed by atoms with van der Waals surface area (Å²) in [6.07, 6.45) is 0.257. The Morgan fingerprint density at radius 2 is 2.11 bits per heavy atom. The van der Waals surface area contributed by atoms with Gasteiger partial charge in [-0.25, -0.2) is 9.18 Å². The van der Waals surface area contributed by atoms with Gasteiger partial charge in [-0.2, -0.15) is 0 Å². The van der Waals surface area contributed by atoms with Gasteiger partial charge in [-0.3, -0.25) is 4.79 Å². The molecular weight excluding hydrogens is 305 g/mol. The number of hydrogen-bond donors (Lipinski definition) is 1. The monoisotopic (exact) mass is 317 g/mol. The van der Waals surface area contributed by atoms with Crippen molar-refractivity contribution < 1.29 is 19.1 Å². The first kappa shape index (κ1) is 14.6. The van der Waals surface area contributed by atoms with E-state index in [0.717, 1.165) is 4.90 Å². The average molecular weight is 318 g/mol. The van der Waals surface area contributed by atoms with Crippen LogP contribution in [0.2, 0.25) is 0 Å². The minimum atomic E-state index is -1.11. The molecule has 0 aromatic heterocycles. The molecule has 1 amide bonds. The number of carboxylic acid groups (broad SMARTS) is 1. The van der Waals surface area contributed by atoms with Crippen LogP contribution in [0.15, 0.2) is 22.7 Å². The van der Waals surface area contributed by atoms with Crippen LogP contribution in [0.25, 0.3) is 0 Å². The zero-order valence-corrected chi connectivity index (χ0v) is 11.6. The highest BCUT2D eigenvalue weighted by Crippen LogP contribution is 2.20. The summed E-state index contributed by atoms with van der Waals surface area (Å²) in [7, 11) is 1.35. The summed E-state index contributed by atoms with van der Waals surface area (Å²) in [5.74, 6) is -2.44. The molecule has 4 nitrogen and oxygen atoms in total. The van der Waals surface area contributed by atoms with Gasteiger partial charge < -0.3 is 10.0 Å². The minimum Gasteiger partial charge on any atom is -0.480 e.